The molecule has 0 radical (unpaired) electrons. The smallest absolute Gasteiger partial charge is 0.0783 e. The van der Waals surface area contributed by atoms with E-state index in [9.17, 15) is 1.37 Å². The van der Waals surface area contributed by atoms with Crippen LogP contribution in [0.5, 0.6) is 0 Å². The number of aromatic amines is 1. The topological polar surface area (TPSA) is 20.7 Å². The van der Waals surface area contributed by atoms with E-state index in [1.54, 1.807) is 10.6 Å². The lowest BCUT2D eigenvalue weighted by Gasteiger charge is -2.11. The first kappa shape index (κ1) is 12.0. The van der Waals surface area contributed by atoms with Crippen LogP contribution in [0.15, 0.2) is 139 Å². The van der Waals surface area contributed by atoms with Gasteiger partial charge in [0.2, 0.25) is 0 Å². The summed E-state index contributed by atoms with van der Waals surface area (Å²) in [7, 11) is 0. The van der Waals surface area contributed by atoms with E-state index < -0.39 is 101 Å². The molecule has 0 saturated carbocycles. The minimum absolute atomic E-state index is 0.102. The van der Waals surface area contributed by atoms with Crippen LogP contribution >= 0.6 is 0 Å². The number of benzene rings is 6. The van der Waals surface area contributed by atoms with E-state index in [0.717, 1.165) is 27.1 Å². The third-order valence-corrected chi connectivity index (χ3v) is 6.77. The van der Waals surface area contributed by atoms with Gasteiger partial charge in [-0.05, 0) is 46.5 Å². The molecule has 0 spiro atoms. The standard InChI is InChI=1S/C36H24N2/c1-2-9-24(10-3-1)25-17-19-26(20-18-25)27-11-8-12-28(23-27)38-34-16-7-5-14-30(34)32-22-21-31-29-13-4-6-15-33(29)37-35(31)36(32)38/h1-23,37H/i1D,2D,3D,8D,9D,10D,11D,12D,17D,18D,19D,20D,23D. The number of para-hydroxylation sites is 2. The van der Waals surface area contributed by atoms with Crippen LogP contribution in [-0.2, 0) is 0 Å². The Bertz CT molecular complexity index is 2790. The normalized spacial score (nSPS) is 16.5. The molecule has 0 saturated heterocycles. The molecule has 0 unspecified atom stereocenters. The second-order valence-corrected chi connectivity index (χ2v) is 8.88. The molecule has 2 heterocycles. The Balaban J connectivity index is 1.50. The van der Waals surface area contributed by atoms with Crippen molar-refractivity contribution in [2.45, 2.75) is 0 Å². The van der Waals surface area contributed by atoms with Crippen molar-refractivity contribution in [2.75, 3.05) is 0 Å². The summed E-state index contributed by atoms with van der Waals surface area (Å²) < 4.78 is 115. The van der Waals surface area contributed by atoms with Crippen molar-refractivity contribution in [3.8, 4) is 27.9 Å². The number of nitrogens with zero attached hydrogens (tertiary/aromatic N) is 1. The number of hydrogen-bond donors (Lipinski definition) is 1. The molecule has 2 heteroatoms. The highest BCUT2D eigenvalue weighted by molar-refractivity contribution is 6.22. The van der Waals surface area contributed by atoms with Crippen LogP contribution in [-0.4, -0.2) is 9.55 Å². The summed E-state index contributed by atoms with van der Waals surface area (Å²) in [6.07, 6.45) is 0. The molecule has 6 aromatic carbocycles. The molecule has 38 heavy (non-hydrogen) atoms. The molecule has 0 atom stereocenters. The summed E-state index contributed by atoms with van der Waals surface area (Å²) in [5, 5.41) is 3.42. The number of rotatable bonds is 3. The summed E-state index contributed by atoms with van der Waals surface area (Å²) in [5.74, 6) is 0. The van der Waals surface area contributed by atoms with Crippen LogP contribution in [0.3, 0.4) is 0 Å². The van der Waals surface area contributed by atoms with Crippen LogP contribution in [0.2, 0.25) is 0 Å². The Kier molecular flexibility index (Phi) is 2.59. The zero-order chi connectivity index (χ0) is 36.4. The van der Waals surface area contributed by atoms with Crippen molar-refractivity contribution >= 4 is 43.6 Å². The van der Waals surface area contributed by atoms with Gasteiger partial charge in [-0.2, -0.15) is 0 Å². The molecule has 2 aromatic heterocycles. The second kappa shape index (κ2) is 8.22. The number of fused-ring (bicyclic) bond motifs is 7. The maximum absolute atomic E-state index is 9.53. The van der Waals surface area contributed by atoms with Crippen LogP contribution < -0.4 is 0 Å². The summed E-state index contributed by atoms with van der Waals surface area (Å²) in [6.45, 7) is 0. The fraction of sp³-hybridized carbons (Fsp3) is 0. The zero-order valence-electron chi connectivity index (χ0n) is 32.7. The molecule has 0 fully saturated rings. The van der Waals surface area contributed by atoms with Crippen LogP contribution in [0.4, 0.5) is 0 Å². The van der Waals surface area contributed by atoms with E-state index in [0.29, 0.717) is 16.6 Å². The van der Waals surface area contributed by atoms with Crippen LogP contribution in [0.25, 0.3) is 71.6 Å². The molecule has 8 rings (SSSR count). The molecule has 0 bridgehead atoms. The monoisotopic (exact) mass is 497 g/mol. The van der Waals surface area contributed by atoms with Crippen molar-refractivity contribution in [3.05, 3.63) is 139 Å². The van der Waals surface area contributed by atoms with E-state index >= 15 is 0 Å². The van der Waals surface area contributed by atoms with Gasteiger partial charge in [0.25, 0.3) is 0 Å². The third kappa shape index (κ3) is 3.14. The molecule has 1 N–H and O–H groups in total. The van der Waals surface area contributed by atoms with E-state index in [-0.39, 0.29) is 5.69 Å². The molecular weight excluding hydrogens is 460 g/mol. The Hall–Kier alpha value is -5.08. The van der Waals surface area contributed by atoms with Gasteiger partial charge >= 0.3 is 0 Å². The highest BCUT2D eigenvalue weighted by Gasteiger charge is 2.17. The first-order chi connectivity index (χ1) is 24.3. The SMILES string of the molecule is [2H]c1c([2H])c([2H])c(-c2c([2H])c([2H])c(-c3c([2H])c([2H])c([2H])c(-n4c5ccccc5c5ccc6c7ccccc7[nH]c6c54)c3[2H])c([2H])c2[2H])c([2H])c1[2H]. The third-order valence-electron chi connectivity index (χ3n) is 6.77. The summed E-state index contributed by atoms with van der Waals surface area (Å²) in [4.78, 5) is 3.47. The highest BCUT2D eigenvalue weighted by Crippen LogP contribution is 2.39. The first-order valence-electron chi connectivity index (χ1n) is 18.5. The highest BCUT2D eigenvalue weighted by atomic mass is 15.0. The van der Waals surface area contributed by atoms with Crippen molar-refractivity contribution in [1.29, 1.82) is 0 Å². The summed E-state index contributed by atoms with van der Waals surface area (Å²) in [6, 6.07) is 10.4. The van der Waals surface area contributed by atoms with Crippen LogP contribution in [0, 0.1) is 0 Å². The minimum Gasteiger partial charge on any atom is -0.353 e. The molecule has 178 valence electrons. The minimum atomic E-state index is -0.747. The lowest BCUT2D eigenvalue weighted by Crippen LogP contribution is -1.95. The molecular formula is C36H24N2. The van der Waals surface area contributed by atoms with Gasteiger partial charge in [-0.1, -0.05) is 115 Å². The number of nitrogens with one attached hydrogen (secondary N) is 1. The van der Waals surface area contributed by atoms with E-state index in [1.165, 1.54) is 0 Å². The van der Waals surface area contributed by atoms with E-state index in [2.05, 4.69) is 4.98 Å². The van der Waals surface area contributed by atoms with Crippen molar-refractivity contribution in [3.63, 3.8) is 0 Å². The average Bonchev–Trinajstić information content (AvgIpc) is 3.67. The lowest BCUT2D eigenvalue weighted by molar-refractivity contribution is 1.18. The number of H-pyrrole nitrogens is 1. The van der Waals surface area contributed by atoms with Gasteiger partial charge < -0.3 is 9.55 Å². The maximum Gasteiger partial charge on any atom is 0.0783 e. The Labute approximate surface area is 238 Å². The predicted octanol–water partition coefficient (Wildman–Crippen LogP) is 9.75. The number of aromatic nitrogens is 2. The number of hydrogen-bond acceptors (Lipinski definition) is 0. The van der Waals surface area contributed by atoms with Crippen molar-refractivity contribution < 1.29 is 17.8 Å². The van der Waals surface area contributed by atoms with Gasteiger partial charge in [0.1, 0.15) is 0 Å². The van der Waals surface area contributed by atoms with E-state index in [1.807, 2.05) is 54.6 Å². The molecule has 2 nitrogen and oxygen atoms in total. The van der Waals surface area contributed by atoms with Gasteiger partial charge in [-0.15, -0.1) is 0 Å². The largest absolute Gasteiger partial charge is 0.353 e. The second-order valence-electron chi connectivity index (χ2n) is 8.88. The van der Waals surface area contributed by atoms with Crippen molar-refractivity contribution in [2.24, 2.45) is 0 Å². The Morgan fingerprint density at radius 3 is 2.03 bits per heavy atom. The zero-order valence-corrected chi connectivity index (χ0v) is 19.7. The Morgan fingerprint density at radius 2 is 1.18 bits per heavy atom. The van der Waals surface area contributed by atoms with Crippen LogP contribution in [0.1, 0.15) is 17.8 Å². The fourth-order valence-corrected chi connectivity index (χ4v) is 5.11. The first-order valence-corrected chi connectivity index (χ1v) is 12.0. The molecule has 0 aliphatic carbocycles. The predicted molar refractivity (Wildman–Crippen MR) is 161 cm³/mol. The van der Waals surface area contributed by atoms with Gasteiger partial charge in [-0.3, -0.25) is 0 Å². The summed E-state index contributed by atoms with van der Waals surface area (Å²) >= 11 is 0. The lowest BCUT2D eigenvalue weighted by atomic mass is 10.00. The molecule has 8 aromatic rings. The van der Waals surface area contributed by atoms with Gasteiger partial charge in [0.15, 0.2) is 0 Å². The molecule has 0 amide bonds. The Morgan fingerprint density at radius 1 is 0.526 bits per heavy atom. The quantitative estimate of drug-likeness (QED) is 0.251. The van der Waals surface area contributed by atoms with Gasteiger partial charge in [-0.25, -0.2) is 0 Å². The fourth-order valence-electron chi connectivity index (χ4n) is 5.11. The van der Waals surface area contributed by atoms with Gasteiger partial charge in [0.05, 0.1) is 34.4 Å². The average molecular weight is 498 g/mol. The van der Waals surface area contributed by atoms with Crippen molar-refractivity contribution in [1.82, 2.24) is 9.55 Å². The maximum atomic E-state index is 9.53. The summed E-state index contributed by atoms with van der Waals surface area (Å²) in [5.41, 5.74) is 0.723. The van der Waals surface area contributed by atoms with Gasteiger partial charge in [0, 0.05) is 32.7 Å². The molecule has 0 aliphatic heterocycles. The molecule has 0 aliphatic rings. The van der Waals surface area contributed by atoms with E-state index in [4.69, 9.17) is 16.4 Å².